The molecule has 1 aliphatic rings. The van der Waals surface area contributed by atoms with Crippen LogP contribution in [0, 0.1) is 10.1 Å². The molecule has 1 N–H and O–H groups in total. The number of fused-ring (bicyclic) bond motifs is 1. The molecule has 0 aromatic heterocycles. The fraction of sp³-hybridized carbons (Fsp3) is 0.417. The van der Waals surface area contributed by atoms with E-state index in [9.17, 15) is 20.0 Å². The van der Waals surface area contributed by atoms with Crippen molar-refractivity contribution in [3.63, 3.8) is 0 Å². The minimum absolute atomic E-state index is 0.306. The summed E-state index contributed by atoms with van der Waals surface area (Å²) < 4.78 is 5.47. The second-order valence-electron chi connectivity index (χ2n) is 4.48. The molecule has 0 spiro atoms. The molecule has 18 heavy (non-hydrogen) atoms. The molecule has 96 valence electrons. The Morgan fingerprint density at radius 1 is 1.50 bits per heavy atom. The zero-order valence-corrected chi connectivity index (χ0v) is 9.99. The number of Topliss-reactive ketones (excluding diaryl/α,β-unsaturated/α-hetero) is 1. The average Bonchev–Trinajstić information content (AvgIpc) is 2.28. The molecular weight excluding hydrogens is 238 g/mol. The normalized spacial score (nSPS) is 30.2. The van der Waals surface area contributed by atoms with Crippen molar-refractivity contribution in [3.05, 3.63) is 39.9 Å². The largest absolute Gasteiger partial charge is 0.472 e. The molecule has 0 saturated carbocycles. The van der Waals surface area contributed by atoms with Crippen molar-refractivity contribution < 1.29 is 19.6 Å². The fourth-order valence-electron chi connectivity index (χ4n) is 2.17. The summed E-state index contributed by atoms with van der Waals surface area (Å²) in [5.41, 5.74) is -1.32. The molecule has 0 fully saturated rings. The third kappa shape index (κ3) is 1.65. The van der Waals surface area contributed by atoms with Gasteiger partial charge in [0.25, 0.3) is 6.04 Å². The number of ketones is 1. The maximum Gasteiger partial charge on any atom is 0.288 e. The lowest BCUT2D eigenvalue weighted by molar-refractivity contribution is -0.553. The predicted molar refractivity (Wildman–Crippen MR) is 61.9 cm³/mol. The van der Waals surface area contributed by atoms with Gasteiger partial charge in [0.2, 0.25) is 5.60 Å². The van der Waals surface area contributed by atoms with Gasteiger partial charge in [0.05, 0.1) is 0 Å². The number of carbonyl (C=O) groups excluding carboxylic acids is 1. The molecule has 6 heteroatoms. The molecule has 1 aromatic rings. The Balaban J connectivity index is 2.59. The van der Waals surface area contributed by atoms with Gasteiger partial charge in [0, 0.05) is 10.5 Å². The van der Waals surface area contributed by atoms with Gasteiger partial charge in [-0.2, -0.15) is 0 Å². The third-order valence-electron chi connectivity index (χ3n) is 3.35. The molecule has 0 saturated heterocycles. The number of ether oxygens (including phenoxy) is 1. The van der Waals surface area contributed by atoms with Crippen molar-refractivity contribution in [1.29, 1.82) is 0 Å². The van der Waals surface area contributed by atoms with E-state index >= 15 is 0 Å². The van der Waals surface area contributed by atoms with E-state index < -0.39 is 28.5 Å². The molecule has 3 atom stereocenters. The fourth-order valence-corrected chi connectivity index (χ4v) is 2.17. The van der Waals surface area contributed by atoms with Crippen LogP contribution >= 0.6 is 0 Å². The van der Waals surface area contributed by atoms with Crippen molar-refractivity contribution in [2.75, 3.05) is 0 Å². The molecule has 1 heterocycles. The molecule has 1 aromatic carbocycles. The van der Waals surface area contributed by atoms with Crippen molar-refractivity contribution >= 4 is 5.78 Å². The van der Waals surface area contributed by atoms with E-state index in [1.807, 2.05) is 0 Å². The molecular formula is C12H13NO5. The summed E-state index contributed by atoms with van der Waals surface area (Å²) in [5, 5.41) is 21.2. The minimum Gasteiger partial charge on any atom is -0.472 e. The van der Waals surface area contributed by atoms with Crippen LogP contribution in [0.2, 0.25) is 0 Å². The number of para-hydroxylation sites is 1. The van der Waals surface area contributed by atoms with Crippen LogP contribution in [0.3, 0.4) is 0 Å². The monoisotopic (exact) mass is 251 g/mol. The Morgan fingerprint density at radius 3 is 2.67 bits per heavy atom. The van der Waals surface area contributed by atoms with E-state index in [0.29, 0.717) is 11.3 Å². The van der Waals surface area contributed by atoms with Gasteiger partial charge in [-0.25, -0.2) is 0 Å². The first kappa shape index (κ1) is 12.5. The topological polar surface area (TPSA) is 89.7 Å². The summed E-state index contributed by atoms with van der Waals surface area (Å²) in [7, 11) is 0. The van der Waals surface area contributed by atoms with Crippen LogP contribution in [0.25, 0.3) is 0 Å². The molecule has 2 rings (SSSR count). The second kappa shape index (κ2) is 4.06. The zero-order valence-electron chi connectivity index (χ0n) is 9.99. The van der Waals surface area contributed by atoms with Crippen LogP contribution < -0.4 is 4.74 Å². The van der Waals surface area contributed by atoms with E-state index in [1.165, 1.54) is 13.8 Å². The number of benzene rings is 1. The highest BCUT2D eigenvalue weighted by Crippen LogP contribution is 2.41. The summed E-state index contributed by atoms with van der Waals surface area (Å²) in [6.07, 6.45) is -1.36. The number of aliphatic hydroxyl groups excluding tert-OH is 1. The Hall–Kier alpha value is -1.95. The van der Waals surface area contributed by atoms with Gasteiger partial charge in [-0.3, -0.25) is 14.9 Å². The van der Waals surface area contributed by atoms with Gasteiger partial charge in [0.15, 0.2) is 11.9 Å². The molecule has 3 unspecified atom stereocenters. The zero-order chi connectivity index (χ0) is 13.5. The Kier molecular flexibility index (Phi) is 2.82. The van der Waals surface area contributed by atoms with Crippen LogP contribution in [-0.2, 0) is 4.79 Å². The number of rotatable bonds is 2. The van der Waals surface area contributed by atoms with Crippen LogP contribution in [0.4, 0.5) is 0 Å². The number of nitro groups is 1. The number of hydrogen-bond donors (Lipinski definition) is 1. The van der Waals surface area contributed by atoms with Crippen molar-refractivity contribution in [2.24, 2.45) is 0 Å². The van der Waals surface area contributed by atoms with Gasteiger partial charge in [-0.15, -0.1) is 0 Å². The van der Waals surface area contributed by atoms with E-state index in [4.69, 9.17) is 4.74 Å². The van der Waals surface area contributed by atoms with Gasteiger partial charge >= 0.3 is 0 Å². The van der Waals surface area contributed by atoms with Crippen LogP contribution in [-0.4, -0.2) is 27.5 Å². The summed E-state index contributed by atoms with van der Waals surface area (Å²) in [4.78, 5) is 22.1. The maximum atomic E-state index is 11.7. The van der Waals surface area contributed by atoms with Crippen molar-refractivity contribution in [2.45, 2.75) is 31.6 Å². The lowest BCUT2D eigenvalue weighted by atomic mass is 9.83. The van der Waals surface area contributed by atoms with Crippen LogP contribution in [0.15, 0.2) is 24.3 Å². The molecule has 1 aliphatic heterocycles. The number of nitrogens with zero attached hydrogens (tertiary/aromatic N) is 1. The molecule has 0 amide bonds. The van der Waals surface area contributed by atoms with Crippen LogP contribution in [0.5, 0.6) is 5.75 Å². The first-order valence-corrected chi connectivity index (χ1v) is 5.48. The molecule has 0 bridgehead atoms. The first-order chi connectivity index (χ1) is 8.38. The molecule has 0 aliphatic carbocycles. The van der Waals surface area contributed by atoms with Crippen molar-refractivity contribution in [1.82, 2.24) is 0 Å². The highest BCUT2D eigenvalue weighted by atomic mass is 16.6. The van der Waals surface area contributed by atoms with Gasteiger partial charge in [0.1, 0.15) is 5.75 Å². The molecule has 6 nitrogen and oxygen atoms in total. The van der Waals surface area contributed by atoms with E-state index in [1.54, 1.807) is 24.3 Å². The maximum absolute atomic E-state index is 11.7. The predicted octanol–water partition coefficient (Wildman–Crippen LogP) is 1.11. The smallest absolute Gasteiger partial charge is 0.288 e. The van der Waals surface area contributed by atoms with Gasteiger partial charge < -0.3 is 9.84 Å². The average molecular weight is 251 g/mol. The number of hydrogen-bond acceptors (Lipinski definition) is 5. The van der Waals surface area contributed by atoms with E-state index in [2.05, 4.69) is 0 Å². The molecule has 0 radical (unpaired) electrons. The SMILES string of the molecule is CC(=O)C1(C)Oc2ccccc2C(O)C1[N+](=O)[O-]. The quantitative estimate of drug-likeness (QED) is 0.628. The summed E-state index contributed by atoms with van der Waals surface area (Å²) >= 11 is 0. The van der Waals surface area contributed by atoms with E-state index in [-0.39, 0.29) is 0 Å². The number of carbonyl (C=O) groups is 1. The van der Waals surface area contributed by atoms with E-state index in [0.717, 1.165) is 0 Å². The number of aliphatic hydroxyl groups is 1. The van der Waals surface area contributed by atoms with Gasteiger partial charge in [-0.05, 0) is 19.9 Å². The Morgan fingerprint density at radius 2 is 2.11 bits per heavy atom. The summed E-state index contributed by atoms with van der Waals surface area (Å²) in [6.45, 7) is 2.55. The van der Waals surface area contributed by atoms with Crippen LogP contribution in [0.1, 0.15) is 25.5 Å². The van der Waals surface area contributed by atoms with Gasteiger partial charge in [-0.1, -0.05) is 18.2 Å². The highest BCUT2D eigenvalue weighted by Gasteiger charge is 2.57. The lowest BCUT2D eigenvalue weighted by Gasteiger charge is -2.37. The standard InChI is InChI=1S/C12H13NO5/c1-7(14)12(2)11(13(16)17)10(15)8-5-3-4-6-9(8)18-12/h3-6,10-11,15H,1-2H3. The Bertz CT molecular complexity index is 515. The first-order valence-electron chi connectivity index (χ1n) is 5.48. The Labute approximate surface area is 103 Å². The minimum atomic E-state index is -1.66. The third-order valence-corrected chi connectivity index (χ3v) is 3.35. The second-order valence-corrected chi connectivity index (χ2v) is 4.48. The highest BCUT2D eigenvalue weighted by molar-refractivity contribution is 5.86. The summed E-state index contributed by atoms with van der Waals surface area (Å²) in [5.74, 6) is -0.182. The summed E-state index contributed by atoms with van der Waals surface area (Å²) in [6, 6.07) is 4.95. The van der Waals surface area contributed by atoms with Crippen molar-refractivity contribution in [3.8, 4) is 5.75 Å². The lowest BCUT2D eigenvalue weighted by Crippen LogP contribution is -2.59.